The van der Waals surface area contributed by atoms with Crippen molar-refractivity contribution < 1.29 is 19.2 Å². The summed E-state index contributed by atoms with van der Waals surface area (Å²) in [7, 11) is 0. The Morgan fingerprint density at radius 1 is 1.54 bits per heavy atom. The first-order valence-electron chi connectivity index (χ1n) is 3.58. The molecule has 0 spiro atoms. The minimum Gasteiger partial charge on any atom is -0.427 e. The lowest BCUT2D eigenvalue weighted by Crippen LogP contribution is -2.22. The van der Waals surface area contributed by atoms with Crippen molar-refractivity contribution in [3.05, 3.63) is 23.2 Å². The molecule has 1 heterocycles. The number of carbonyl (C=O) groups excluding carboxylic acids is 2. The summed E-state index contributed by atoms with van der Waals surface area (Å²) in [6, 6.07) is 0. The fourth-order valence-electron chi connectivity index (χ4n) is 0.960. The van der Waals surface area contributed by atoms with Gasteiger partial charge in [0.1, 0.15) is 17.1 Å². The van der Waals surface area contributed by atoms with Gasteiger partial charge in [-0.3, -0.25) is 4.79 Å². The van der Waals surface area contributed by atoms with Gasteiger partial charge in [-0.25, -0.2) is 4.79 Å². The van der Waals surface area contributed by atoms with E-state index in [0.717, 1.165) is 0 Å². The van der Waals surface area contributed by atoms with Crippen LogP contribution in [0.2, 0.25) is 0 Å². The van der Waals surface area contributed by atoms with E-state index < -0.39 is 11.8 Å². The summed E-state index contributed by atoms with van der Waals surface area (Å²) in [6.45, 7) is 2.94. The molecule has 0 fully saturated rings. The highest BCUT2D eigenvalue weighted by molar-refractivity contribution is 6.23. The molecule has 0 amide bonds. The highest BCUT2D eigenvalue weighted by Crippen LogP contribution is 2.16. The fourth-order valence-corrected chi connectivity index (χ4v) is 0.960. The molecule has 0 atom stereocenters. The van der Waals surface area contributed by atoms with Crippen molar-refractivity contribution in [2.45, 2.75) is 13.8 Å². The van der Waals surface area contributed by atoms with Crippen LogP contribution in [0.15, 0.2) is 23.2 Å². The minimum atomic E-state index is -0.729. The van der Waals surface area contributed by atoms with Crippen molar-refractivity contribution >= 4 is 11.8 Å². The molecule has 0 bridgehead atoms. The van der Waals surface area contributed by atoms with E-state index in [1.165, 1.54) is 19.9 Å². The highest BCUT2D eigenvalue weighted by atomic mass is 16.6. The van der Waals surface area contributed by atoms with Crippen molar-refractivity contribution in [2.24, 2.45) is 5.90 Å². The van der Waals surface area contributed by atoms with Crippen LogP contribution in [0.5, 0.6) is 0 Å². The molecule has 0 radical (unpaired) electrons. The number of allylic oxidation sites excluding steroid dienone is 3. The summed E-state index contributed by atoms with van der Waals surface area (Å²) in [5, 5.41) is 0. The summed E-state index contributed by atoms with van der Waals surface area (Å²) in [5.74, 6) is 3.97. The average Bonchev–Trinajstić information content (AvgIpc) is 2.02. The van der Waals surface area contributed by atoms with Crippen molar-refractivity contribution in [1.29, 1.82) is 0 Å². The van der Waals surface area contributed by atoms with E-state index in [0.29, 0.717) is 0 Å². The maximum atomic E-state index is 11.2. The molecule has 2 N–H and O–H groups in total. The maximum Gasteiger partial charge on any atom is 0.350 e. The van der Waals surface area contributed by atoms with E-state index in [1.54, 1.807) is 0 Å². The van der Waals surface area contributed by atoms with E-state index in [1.807, 2.05) is 0 Å². The first-order chi connectivity index (χ1) is 6.06. The molecule has 5 nitrogen and oxygen atoms in total. The lowest BCUT2D eigenvalue weighted by atomic mass is 10.1. The molecule has 0 aliphatic carbocycles. The van der Waals surface area contributed by atoms with E-state index in [4.69, 9.17) is 10.6 Å². The Bertz CT molecular complexity index is 327. The van der Waals surface area contributed by atoms with Crippen molar-refractivity contribution in [2.75, 3.05) is 0 Å². The number of carbonyl (C=O) groups is 2. The van der Waals surface area contributed by atoms with Gasteiger partial charge in [-0.2, -0.15) is 5.90 Å². The second-order valence-electron chi connectivity index (χ2n) is 2.56. The standard InChI is InChI=1S/C8H9NO4/c1-4-3-6(10)7(5(2)13-9)8(11)12-4/h3H,9H2,1-2H3/b7-5+. The van der Waals surface area contributed by atoms with Gasteiger partial charge in [-0.05, 0) is 13.8 Å². The van der Waals surface area contributed by atoms with Gasteiger partial charge >= 0.3 is 5.97 Å². The Morgan fingerprint density at radius 3 is 2.62 bits per heavy atom. The molecule has 70 valence electrons. The Labute approximate surface area is 74.8 Å². The zero-order valence-corrected chi connectivity index (χ0v) is 7.29. The third-order valence-corrected chi connectivity index (χ3v) is 1.57. The quantitative estimate of drug-likeness (QED) is 0.206. The number of hydrogen-bond donors (Lipinski definition) is 1. The normalized spacial score (nSPS) is 20.7. The summed E-state index contributed by atoms with van der Waals surface area (Å²) in [6.07, 6.45) is 1.21. The average molecular weight is 183 g/mol. The molecule has 0 aromatic rings. The molecule has 0 aromatic carbocycles. The molecule has 1 aliphatic rings. The number of nitrogens with two attached hydrogens (primary N) is 1. The number of rotatable bonds is 1. The Kier molecular flexibility index (Phi) is 2.48. The maximum absolute atomic E-state index is 11.2. The summed E-state index contributed by atoms with van der Waals surface area (Å²) >= 11 is 0. The lowest BCUT2D eigenvalue weighted by molar-refractivity contribution is -0.137. The van der Waals surface area contributed by atoms with E-state index in [9.17, 15) is 9.59 Å². The molecule has 1 rings (SSSR count). The van der Waals surface area contributed by atoms with Crippen LogP contribution in [0.4, 0.5) is 0 Å². The predicted molar refractivity (Wildman–Crippen MR) is 42.8 cm³/mol. The van der Waals surface area contributed by atoms with Crippen LogP contribution in [0.3, 0.4) is 0 Å². The SMILES string of the molecule is CC1=CC(=O)/C(=C(/C)ON)C(=O)O1. The predicted octanol–water partition coefficient (Wildman–Crippen LogP) is 0.180. The third kappa shape index (κ3) is 1.75. The van der Waals surface area contributed by atoms with Gasteiger partial charge in [0, 0.05) is 6.08 Å². The number of hydrogen-bond acceptors (Lipinski definition) is 5. The first-order valence-corrected chi connectivity index (χ1v) is 3.58. The van der Waals surface area contributed by atoms with Crippen LogP contribution in [-0.4, -0.2) is 11.8 Å². The van der Waals surface area contributed by atoms with Gasteiger partial charge in [0.2, 0.25) is 0 Å². The van der Waals surface area contributed by atoms with E-state index >= 15 is 0 Å². The van der Waals surface area contributed by atoms with Gasteiger partial charge in [-0.15, -0.1) is 0 Å². The number of cyclic esters (lactones) is 1. The zero-order valence-electron chi connectivity index (χ0n) is 7.29. The van der Waals surface area contributed by atoms with Crippen LogP contribution in [0.1, 0.15) is 13.8 Å². The van der Waals surface area contributed by atoms with Crippen molar-refractivity contribution in [3.63, 3.8) is 0 Å². The second-order valence-corrected chi connectivity index (χ2v) is 2.56. The molecule has 1 aliphatic heterocycles. The van der Waals surface area contributed by atoms with Crippen LogP contribution in [-0.2, 0) is 19.2 Å². The molecular formula is C8H9NO4. The van der Waals surface area contributed by atoms with Crippen LogP contribution < -0.4 is 5.90 Å². The van der Waals surface area contributed by atoms with Crippen molar-refractivity contribution in [1.82, 2.24) is 0 Å². The molecule has 0 saturated carbocycles. The topological polar surface area (TPSA) is 78.6 Å². The molecule has 13 heavy (non-hydrogen) atoms. The summed E-state index contributed by atoms with van der Waals surface area (Å²) in [5.41, 5.74) is -0.159. The van der Waals surface area contributed by atoms with Crippen molar-refractivity contribution in [3.8, 4) is 0 Å². The van der Waals surface area contributed by atoms with E-state index in [-0.39, 0.29) is 17.1 Å². The summed E-state index contributed by atoms with van der Waals surface area (Å²) in [4.78, 5) is 26.7. The lowest BCUT2D eigenvalue weighted by Gasteiger charge is -2.12. The largest absolute Gasteiger partial charge is 0.427 e. The Balaban J connectivity index is 3.15. The van der Waals surface area contributed by atoms with Crippen LogP contribution >= 0.6 is 0 Å². The van der Waals surface area contributed by atoms with Crippen LogP contribution in [0.25, 0.3) is 0 Å². The number of ether oxygens (including phenoxy) is 1. The monoisotopic (exact) mass is 183 g/mol. The molecule has 0 aromatic heterocycles. The smallest absolute Gasteiger partial charge is 0.350 e. The molecule has 0 unspecified atom stereocenters. The van der Waals surface area contributed by atoms with Gasteiger partial charge in [0.15, 0.2) is 5.78 Å². The molecule has 5 heteroatoms. The Hall–Kier alpha value is -1.62. The first kappa shape index (κ1) is 9.47. The van der Waals surface area contributed by atoms with Gasteiger partial charge in [-0.1, -0.05) is 0 Å². The van der Waals surface area contributed by atoms with Gasteiger partial charge in [0.05, 0.1) is 0 Å². The minimum absolute atomic E-state index is 0.0544. The van der Waals surface area contributed by atoms with E-state index in [2.05, 4.69) is 4.84 Å². The molecule has 0 saturated heterocycles. The Morgan fingerprint density at radius 2 is 2.15 bits per heavy atom. The zero-order chi connectivity index (χ0) is 10.0. The highest BCUT2D eigenvalue weighted by Gasteiger charge is 2.27. The van der Waals surface area contributed by atoms with Crippen LogP contribution in [0, 0.1) is 0 Å². The summed E-state index contributed by atoms with van der Waals surface area (Å²) < 4.78 is 4.70. The van der Waals surface area contributed by atoms with Gasteiger partial charge in [0.25, 0.3) is 0 Å². The number of ketones is 1. The number of esters is 1. The van der Waals surface area contributed by atoms with Gasteiger partial charge < -0.3 is 9.57 Å². The second kappa shape index (κ2) is 3.40. The fraction of sp³-hybridized carbons (Fsp3) is 0.250. The third-order valence-electron chi connectivity index (χ3n) is 1.57. The molecular weight excluding hydrogens is 174 g/mol.